The van der Waals surface area contributed by atoms with Gasteiger partial charge in [0.1, 0.15) is 13.2 Å². The van der Waals surface area contributed by atoms with Gasteiger partial charge >= 0.3 is 6.03 Å². The van der Waals surface area contributed by atoms with Crippen LogP contribution in [0.25, 0.3) is 10.8 Å². The lowest BCUT2D eigenvalue weighted by Crippen LogP contribution is -2.20. The molecule has 5 nitrogen and oxygen atoms in total. The summed E-state index contributed by atoms with van der Waals surface area (Å²) in [4.78, 5) is 12.4. The Kier molecular flexibility index (Phi) is 4.35. The number of nitrogens with one attached hydrogen (secondary N) is 2. The van der Waals surface area contributed by atoms with Crippen LogP contribution in [0.1, 0.15) is 0 Å². The maximum Gasteiger partial charge on any atom is 0.323 e. The molecule has 3 aromatic rings. The molecule has 1 aliphatic heterocycles. The molecular weight excluding hydrogens is 431 g/mol. The first kappa shape index (κ1) is 16.0. The van der Waals surface area contributed by atoms with Crippen LogP contribution >= 0.6 is 22.6 Å². The summed E-state index contributed by atoms with van der Waals surface area (Å²) in [6.07, 6.45) is 0. The van der Waals surface area contributed by atoms with E-state index in [1.54, 1.807) is 18.2 Å². The first-order valence-corrected chi connectivity index (χ1v) is 8.93. The van der Waals surface area contributed by atoms with Gasteiger partial charge in [0.15, 0.2) is 11.5 Å². The summed E-state index contributed by atoms with van der Waals surface area (Å²) in [6.45, 7) is 1.05. The van der Waals surface area contributed by atoms with Gasteiger partial charge < -0.3 is 20.1 Å². The maximum absolute atomic E-state index is 12.4. The maximum atomic E-state index is 12.4. The van der Waals surface area contributed by atoms with E-state index in [1.807, 2.05) is 36.4 Å². The van der Waals surface area contributed by atoms with Gasteiger partial charge in [-0.3, -0.25) is 0 Å². The molecule has 6 heteroatoms. The zero-order valence-electron chi connectivity index (χ0n) is 13.2. The number of fused-ring (bicyclic) bond motifs is 2. The fourth-order valence-electron chi connectivity index (χ4n) is 2.79. The van der Waals surface area contributed by atoms with Crippen molar-refractivity contribution in [1.82, 2.24) is 0 Å². The van der Waals surface area contributed by atoms with Crippen LogP contribution in [0.2, 0.25) is 0 Å². The summed E-state index contributed by atoms with van der Waals surface area (Å²) in [5.74, 6) is 1.34. The highest BCUT2D eigenvalue weighted by molar-refractivity contribution is 14.1. The first-order valence-electron chi connectivity index (χ1n) is 7.85. The lowest BCUT2D eigenvalue weighted by molar-refractivity contribution is 0.171. The number of rotatable bonds is 2. The molecule has 3 aromatic carbocycles. The van der Waals surface area contributed by atoms with Crippen molar-refractivity contribution in [1.29, 1.82) is 0 Å². The van der Waals surface area contributed by atoms with Crippen LogP contribution in [0.4, 0.5) is 16.2 Å². The Labute approximate surface area is 158 Å². The van der Waals surface area contributed by atoms with E-state index in [-0.39, 0.29) is 6.03 Å². The Morgan fingerprint density at radius 2 is 1.64 bits per heavy atom. The van der Waals surface area contributed by atoms with Gasteiger partial charge in [-0.1, -0.05) is 24.3 Å². The molecule has 0 fully saturated rings. The summed E-state index contributed by atoms with van der Waals surface area (Å²) < 4.78 is 12.2. The Balaban J connectivity index is 1.54. The van der Waals surface area contributed by atoms with Gasteiger partial charge in [-0.15, -0.1) is 0 Å². The molecule has 2 amide bonds. The molecule has 25 heavy (non-hydrogen) atoms. The standard InChI is InChI=1S/C19H15IN2O3/c20-15-5-1-4-14-13(15)3-2-6-16(14)22-19(23)21-12-7-8-17-18(11-12)25-10-9-24-17/h1-8,11H,9-10H2,(H2,21,22,23). The molecule has 0 unspecified atom stereocenters. The van der Waals surface area contributed by atoms with Crippen LogP contribution in [0, 0.1) is 3.57 Å². The molecule has 1 heterocycles. The molecule has 4 rings (SSSR count). The predicted molar refractivity (Wildman–Crippen MR) is 107 cm³/mol. The molecule has 0 radical (unpaired) electrons. The zero-order valence-corrected chi connectivity index (χ0v) is 15.4. The number of ether oxygens (including phenoxy) is 2. The van der Waals surface area contributed by atoms with E-state index >= 15 is 0 Å². The van der Waals surface area contributed by atoms with Crippen LogP contribution in [-0.4, -0.2) is 19.2 Å². The second-order valence-corrected chi connectivity index (χ2v) is 6.74. The molecule has 0 spiro atoms. The minimum absolute atomic E-state index is 0.303. The third-order valence-corrected chi connectivity index (χ3v) is 4.86. The SMILES string of the molecule is O=C(Nc1ccc2c(c1)OCCO2)Nc1cccc2c(I)cccc12. The Morgan fingerprint density at radius 3 is 2.52 bits per heavy atom. The molecule has 0 bridgehead atoms. The highest BCUT2D eigenvalue weighted by Crippen LogP contribution is 2.33. The van der Waals surface area contributed by atoms with E-state index in [9.17, 15) is 4.79 Å². The normalized spacial score (nSPS) is 12.7. The van der Waals surface area contributed by atoms with Crippen molar-refractivity contribution >= 4 is 50.8 Å². The van der Waals surface area contributed by atoms with Crippen LogP contribution in [-0.2, 0) is 0 Å². The topological polar surface area (TPSA) is 59.6 Å². The van der Waals surface area contributed by atoms with Crippen molar-refractivity contribution in [3.05, 3.63) is 58.2 Å². The molecule has 0 atom stereocenters. The van der Waals surface area contributed by atoms with Crippen LogP contribution in [0.3, 0.4) is 0 Å². The number of carbonyl (C=O) groups excluding carboxylic acids is 1. The van der Waals surface area contributed by atoms with E-state index in [0.717, 1.165) is 20.0 Å². The second-order valence-electron chi connectivity index (χ2n) is 5.58. The summed E-state index contributed by atoms with van der Waals surface area (Å²) in [6, 6.07) is 16.9. The van der Waals surface area contributed by atoms with Gasteiger partial charge in [0.25, 0.3) is 0 Å². The molecular formula is C19H15IN2O3. The molecule has 0 aromatic heterocycles. The molecule has 2 N–H and O–H groups in total. The summed E-state index contributed by atoms with van der Waals surface area (Å²) in [5, 5.41) is 7.87. The van der Waals surface area contributed by atoms with Gasteiger partial charge in [-0.2, -0.15) is 0 Å². The number of hydrogen-bond donors (Lipinski definition) is 2. The third kappa shape index (κ3) is 3.34. The van der Waals surface area contributed by atoms with Crippen molar-refractivity contribution in [2.75, 3.05) is 23.8 Å². The van der Waals surface area contributed by atoms with Crippen molar-refractivity contribution in [2.24, 2.45) is 0 Å². The van der Waals surface area contributed by atoms with Crippen LogP contribution in [0.5, 0.6) is 11.5 Å². The van der Waals surface area contributed by atoms with Crippen LogP contribution in [0.15, 0.2) is 54.6 Å². The minimum Gasteiger partial charge on any atom is -0.486 e. The number of amides is 2. The van der Waals surface area contributed by atoms with E-state index < -0.39 is 0 Å². The molecule has 0 saturated heterocycles. The average Bonchev–Trinajstić information content (AvgIpc) is 2.62. The van der Waals surface area contributed by atoms with Gasteiger partial charge in [-0.25, -0.2) is 4.79 Å². The number of halogens is 1. The molecule has 0 aliphatic carbocycles. The van der Waals surface area contributed by atoms with Crippen molar-refractivity contribution in [2.45, 2.75) is 0 Å². The smallest absolute Gasteiger partial charge is 0.323 e. The highest BCUT2D eigenvalue weighted by atomic mass is 127. The molecule has 126 valence electrons. The Bertz CT molecular complexity index is 959. The number of anilines is 2. The van der Waals surface area contributed by atoms with E-state index in [1.165, 1.54) is 0 Å². The number of hydrogen-bond acceptors (Lipinski definition) is 3. The molecule has 1 aliphatic rings. The summed E-state index contributed by atoms with van der Waals surface area (Å²) in [5.41, 5.74) is 1.42. The van der Waals surface area contributed by atoms with E-state index in [0.29, 0.717) is 30.4 Å². The number of urea groups is 1. The fourth-order valence-corrected chi connectivity index (χ4v) is 3.46. The highest BCUT2D eigenvalue weighted by Gasteiger charge is 2.13. The van der Waals surface area contributed by atoms with Crippen molar-refractivity contribution in [3.63, 3.8) is 0 Å². The largest absolute Gasteiger partial charge is 0.486 e. The molecule has 0 saturated carbocycles. The second kappa shape index (κ2) is 6.79. The Morgan fingerprint density at radius 1 is 0.880 bits per heavy atom. The van der Waals surface area contributed by atoms with Crippen molar-refractivity contribution < 1.29 is 14.3 Å². The third-order valence-electron chi connectivity index (χ3n) is 3.92. The lowest BCUT2D eigenvalue weighted by Gasteiger charge is -2.19. The first-order chi connectivity index (χ1) is 12.2. The van der Waals surface area contributed by atoms with Crippen molar-refractivity contribution in [3.8, 4) is 11.5 Å². The monoisotopic (exact) mass is 446 g/mol. The quantitative estimate of drug-likeness (QED) is 0.553. The summed E-state index contributed by atoms with van der Waals surface area (Å²) >= 11 is 2.29. The Hall–Kier alpha value is -2.48. The number of carbonyl (C=O) groups is 1. The average molecular weight is 446 g/mol. The minimum atomic E-state index is -0.303. The van der Waals surface area contributed by atoms with Gasteiger partial charge in [-0.05, 0) is 52.2 Å². The summed E-state index contributed by atoms with van der Waals surface area (Å²) in [7, 11) is 0. The number of benzene rings is 3. The predicted octanol–water partition coefficient (Wildman–Crippen LogP) is 4.86. The van der Waals surface area contributed by atoms with Crippen LogP contribution < -0.4 is 20.1 Å². The lowest BCUT2D eigenvalue weighted by atomic mass is 10.1. The fraction of sp³-hybridized carbons (Fsp3) is 0.105. The van der Waals surface area contributed by atoms with Gasteiger partial charge in [0.2, 0.25) is 0 Å². The van der Waals surface area contributed by atoms with Gasteiger partial charge in [0.05, 0.1) is 5.69 Å². The van der Waals surface area contributed by atoms with E-state index in [2.05, 4.69) is 33.2 Å². The van der Waals surface area contributed by atoms with Gasteiger partial charge in [0, 0.05) is 20.7 Å². The van der Waals surface area contributed by atoms with E-state index in [4.69, 9.17) is 9.47 Å². The zero-order chi connectivity index (χ0) is 17.2.